The highest BCUT2D eigenvalue weighted by atomic mass is 14.1. The smallest absolute Gasteiger partial charge is 0.0273 e. The molecule has 0 spiro atoms. The van der Waals surface area contributed by atoms with Gasteiger partial charge in [-0.3, -0.25) is 0 Å². The maximum atomic E-state index is 2.32. The zero-order chi connectivity index (χ0) is 12.1. The van der Waals surface area contributed by atoms with Gasteiger partial charge in [0.05, 0.1) is 0 Å². The Hall–Kier alpha value is -1.56. The molecule has 3 rings (SSSR count). The largest absolute Gasteiger partial charge is 0.0622 e. The van der Waals surface area contributed by atoms with Crippen LogP contribution in [0.3, 0.4) is 0 Å². The number of benzene rings is 2. The Morgan fingerprint density at radius 1 is 0.706 bits per heavy atom. The van der Waals surface area contributed by atoms with E-state index in [1.165, 1.54) is 30.4 Å². The normalized spacial score (nSPS) is 12.6. The molecule has 88 valence electrons. The third-order valence-corrected chi connectivity index (χ3v) is 3.19. The second-order valence-corrected chi connectivity index (χ2v) is 4.78. The van der Waals surface area contributed by atoms with Crippen molar-refractivity contribution >= 4 is 0 Å². The van der Waals surface area contributed by atoms with Gasteiger partial charge in [0.2, 0.25) is 0 Å². The number of rotatable bonds is 0. The van der Waals surface area contributed by atoms with Crippen molar-refractivity contribution in [3.05, 3.63) is 70.8 Å². The lowest BCUT2D eigenvalue weighted by Gasteiger charge is -1.98. The zero-order valence-electron chi connectivity index (χ0n) is 10.7. The molecule has 0 bridgehead atoms. The first kappa shape index (κ1) is 11.9. The van der Waals surface area contributed by atoms with Crippen molar-refractivity contribution in [2.45, 2.75) is 33.1 Å². The monoisotopic (exact) mass is 224 g/mol. The molecule has 0 heteroatoms. The molecule has 0 unspecified atom stereocenters. The van der Waals surface area contributed by atoms with Gasteiger partial charge in [-0.2, -0.15) is 0 Å². The Labute approximate surface area is 104 Å². The summed E-state index contributed by atoms with van der Waals surface area (Å²) in [5, 5.41) is 0. The first-order valence-corrected chi connectivity index (χ1v) is 6.36. The number of aryl methyl sites for hydroxylation is 4. The first-order valence-electron chi connectivity index (χ1n) is 6.36. The second kappa shape index (κ2) is 5.67. The Balaban J connectivity index is 0.000000136. The summed E-state index contributed by atoms with van der Waals surface area (Å²) in [5.41, 5.74) is 5.88. The number of hydrogen-bond donors (Lipinski definition) is 0. The van der Waals surface area contributed by atoms with Crippen molar-refractivity contribution in [2.75, 3.05) is 0 Å². The van der Waals surface area contributed by atoms with E-state index in [4.69, 9.17) is 0 Å². The molecule has 0 saturated heterocycles. The third-order valence-electron chi connectivity index (χ3n) is 3.19. The van der Waals surface area contributed by atoms with Crippen LogP contribution in [-0.4, -0.2) is 0 Å². The quantitative estimate of drug-likeness (QED) is 0.619. The van der Waals surface area contributed by atoms with Crippen LogP contribution in [0.25, 0.3) is 0 Å². The molecule has 1 aliphatic carbocycles. The maximum absolute atomic E-state index is 2.32. The molecule has 0 saturated carbocycles. The van der Waals surface area contributed by atoms with Gasteiger partial charge in [-0.25, -0.2) is 0 Å². The lowest BCUT2D eigenvalue weighted by atomic mass is 10.1. The summed E-state index contributed by atoms with van der Waals surface area (Å²) in [6.45, 7) is 4.25. The molecule has 0 N–H and O–H groups in total. The fourth-order valence-corrected chi connectivity index (χ4v) is 2.23. The summed E-state index contributed by atoms with van der Waals surface area (Å²) in [6.07, 6.45) is 3.96. The molecule has 0 heterocycles. The lowest BCUT2D eigenvalue weighted by molar-refractivity contribution is 0.911. The van der Waals surface area contributed by atoms with Crippen LogP contribution in [0.15, 0.2) is 48.5 Å². The number of hydrogen-bond acceptors (Lipinski definition) is 0. The predicted octanol–water partition coefficient (Wildman–Crippen LogP) is 4.48. The predicted molar refractivity (Wildman–Crippen MR) is 74.4 cm³/mol. The van der Waals surface area contributed by atoms with Crippen molar-refractivity contribution in [1.82, 2.24) is 0 Å². The van der Waals surface area contributed by atoms with E-state index < -0.39 is 0 Å². The summed E-state index contributed by atoms with van der Waals surface area (Å²) in [5.74, 6) is 0. The minimum atomic E-state index is 1.30. The molecule has 0 aliphatic heterocycles. The zero-order valence-corrected chi connectivity index (χ0v) is 10.7. The molecule has 17 heavy (non-hydrogen) atoms. The highest BCUT2D eigenvalue weighted by Crippen LogP contribution is 2.22. The van der Waals surface area contributed by atoms with Crippen LogP contribution in [-0.2, 0) is 12.8 Å². The van der Waals surface area contributed by atoms with Crippen molar-refractivity contribution in [3.63, 3.8) is 0 Å². The van der Waals surface area contributed by atoms with Gasteiger partial charge in [0.25, 0.3) is 0 Å². The van der Waals surface area contributed by atoms with Crippen molar-refractivity contribution in [3.8, 4) is 0 Å². The highest BCUT2D eigenvalue weighted by molar-refractivity contribution is 5.34. The van der Waals surface area contributed by atoms with Gasteiger partial charge < -0.3 is 0 Å². The molecule has 0 atom stereocenters. The van der Waals surface area contributed by atoms with Crippen LogP contribution in [0.1, 0.15) is 28.7 Å². The van der Waals surface area contributed by atoms with Gasteiger partial charge in [0, 0.05) is 0 Å². The summed E-state index contributed by atoms with van der Waals surface area (Å²) >= 11 is 0. The Bertz CT molecular complexity index is 469. The summed E-state index contributed by atoms with van der Waals surface area (Å²) < 4.78 is 0. The average molecular weight is 224 g/mol. The molecular weight excluding hydrogens is 204 g/mol. The molecule has 1 aliphatic rings. The van der Waals surface area contributed by atoms with Crippen LogP contribution in [0.2, 0.25) is 0 Å². The lowest BCUT2D eigenvalue weighted by Crippen LogP contribution is -1.81. The standard InChI is InChI=1S/C10H12.C7H8/c1-8-5-6-9-3-2-4-10(9)7-8;1-7-5-3-2-4-6-7/h5-7H,2-4H2,1H3;2-6H,1H3. The van der Waals surface area contributed by atoms with E-state index in [-0.39, 0.29) is 0 Å². The molecule has 0 fully saturated rings. The molecule has 2 aromatic rings. The Kier molecular flexibility index (Phi) is 3.98. The van der Waals surface area contributed by atoms with E-state index in [1.54, 1.807) is 11.1 Å². The molecule has 0 aromatic heterocycles. The third kappa shape index (κ3) is 3.45. The number of fused-ring (bicyclic) bond motifs is 1. The van der Waals surface area contributed by atoms with Crippen molar-refractivity contribution in [1.29, 1.82) is 0 Å². The topological polar surface area (TPSA) is 0 Å². The van der Waals surface area contributed by atoms with E-state index in [0.29, 0.717) is 0 Å². The van der Waals surface area contributed by atoms with Gasteiger partial charge in [0.15, 0.2) is 0 Å². The van der Waals surface area contributed by atoms with E-state index in [0.717, 1.165) is 0 Å². The van der Waals surface area contributed by atoms with Crippen molar-refractivity contribution in [2.24, 2.45) is 0 Å². The molecule has 2 aromatic carbocycles. The van der Waals surface area contributed by atoms with Gasteiger partial charge >= 0.3 is 0 Å². The van der Waals surface area contributed by atoms with Crippen LogP contribution in [0, 0.1) is 13.8 Å². The van der Waals surface area contributed by atoms with E-state index in [9.17, 15) is 0 Å². The van der Waals surface area contributed by atoms with E-state index in [1.807, 2.05) is 18.2 Å². The van der Waals surface area contributed by atoms with Gasteiger partial charge in [0.1, 0.15) is 0 Å². The molecular formula is C17H20. The Morgan fingerprint density at radius 2 is 1.41 bits per heavy atom. The molecule has 0 nitrogen and oxygen atoms in total. The second-order valence-electron chi connectivity index (χ2n) is 4.78. The fourth-order valence-electron chi connectivity index (χ4n) is 2.23. The van der Waals surface area contributed by atoms with E-state index >= 15 is 0 Å². The molecule has 0 radical (unpaired) electrons. The van der Waals surface area contributed by atoms with Crippen LogP contribution >= 0.6 is 0 Å². The minimum absolute atomic E-state index is 1.30. The summed E-state index contributed by atoms with van der Waals surface area (Å²) in [6, 6.07) is 17.1. The van der Waals surface area contributed by atoms with Crippen molar-refractivity contribution < 1.29 is 0 Å². The minimum Gasteiger partial charge on any atom is -0.0622 e. The maximum Gasteiger partial charge on any atom is -0.0273 e. The SMILES string of the molecule is Cc1ccc2c(c1)CCC2.Cc1ccccc1. The van der Waals surface area contributed by atoms with Gasteiger partial charge in [-0.1, -0.05) is 59.7 Å². The van der Waals surface area contributed by atoms with Crippen LogP contribution in [0.5, 0.6) is 0 Å². The van der Waals surface area contributed by atoms with Gasteiger partial charge in [-0.05, 0) is 44.2 Å². The average Bonchev–Trinajstić information content (AvgIpc) is 2.78. The van der Waals surface area contributed by atoms with Gasteiger partial charge in [-0.15, -0.1) is 0 Å². The highest BCUT2D eigenvalue weighted by Gasteiger charge is 2.08. The van der Waals surface area contributed by atoms with E-state index in [2.05, 4.69) is 44.2 Å². The summed E-state index contributed by atoms with van der Waals surface area (Å²) in [4.78, 5) is 0. The van der Waals surface area contributed by atoms with Crippen LogP contribution < -0.4 is 0 Å². The molecule has 0 amide bonds. The van der Waals surface area contributed by atoms with Crippen LogP contribution in [0.4, 0.5) is 0 Å². The Morgan fingerprint density at radius 3 is 2.06 bits per heavy atom. The summed E-state index contributed by atoms with van der Waals surface area (Å²) in [7, 11) is 0. The first-order chi connectivity index (χ1) is 8.25. The fraction of sp³-hybridized carbons (Fsp3) is 0.294.